The van der Waals surface area contributed by atoms with Crippen LogP contribution < -0.4 is 16.4 Å². The van der Waals surface area contributed by atoms with E-state index < -0.39 is 12.1 Å². The summed E-state index contributed by atoms with van der Waals surface area (Å²) in [6.07, 6.45) is 6.28. The third-order valence-corrected chi connectivity index (χ3v) is 3.38. The number of amides is 3. The molecule has 6 nitrogen and oxygen atoms in total. The summed E-state index contributed by atoms with van der Waals surface area (Å²) in [6, 6.07) is 4.06. The minimum Gasteiger partial charge on any atom is -0.465 e. The lowest BCUT2D eigenvalue weighted by Gasteiger charge is -2.01. The molecule has 0 aliphatic carbocycles. The van der Waals surface area contributed by atoms with Crippen molar-refractivity contribution in [2.24, 2.45) is 5.73 Å². The number of anilines is 1. The van der Waals surface area contributed by atoms with Crippen LogP contribution in [0.15, 0.2) is 18.2 Å². The summed E-state index contributed by atoms with van der Waals surface area (Å²) in [6.45, 7) is 2.93. The first kappa shape index (κ1) is 22.3. The second-order valence-electron chi connectivity index (χ2n) is 5.15. The molecule has 1 rings (SSSR count). The van der Waals surface area contributed by atoms with Crippen LogP contribution in [0.25, 0.3) is 0 Å². The predicted molar refractivity (Wildman–Crippen MR) is 99.1 cm³/mol. The number of halogens is 2. The number of urea groups is 1. The van der Waals surface area contributed by atoms with Crippen molar-refractivity contribution in [1.82, 2.24) is 5.32 Å². The molecule has 8 heteroatoms. The summed E-state index contributed by atoms with van der Waals surface area (Å²) in [7, 11) is 0. The Morgan fingerprint density at radius 2 is 1.58 bits per heavy atom. The molecule has 0 unspecified atom stereocenters. The molecule has 0 heterocycles. The molecular weight excluding hydrogens is 353 g/mol. The highest BCUT2D eigenvalue weighted by Gasteiger charge is 2.00. The Bertz CT molecular complexity index is 493. The molecule has 0 atom stereocenters. The minimum absolute atomic E-state index is 0.361. The zero-order chi connectivity index (χ0) is 18.4. The average Bonchev–Trinajstić information content (AvgIpc) is 2.45. The average molecular weight is 378 g/mol. The predicted octanol–water partition coefficient (Wildman–Crippen LogP) is 5.10. The molecule has 0 bridgehead atoms. The van der Waals surface area contributed by atoms with E-state index in [0.717, 1.165) is 13.0 Å². The lowest BCUT2D eigenvalue weighted by Crippen LogP contribution is -2.29. The maximum Gasteiger partial charge on any atom is 0.409 e. The van der Waals surface area contributed by atoms with Gasteiger partial charge in [-0.25, -0.2) is 9.59 Å². The molecule has 0 saturated carbocycles. The number of rotatable bonds is 8. The summed E-state index contributed by atoms with van der Waals surface area (Å²) in [5.41, 5.74) is 5.27. The summed E-state index contributed by atoms with van der Waals surface area (Å²) >= 11 is 11.2. The molecule has 0 aromatic heterocycles. The summed E-state index contributed by atoms with van der Waals surface area (Å²) in [4.78, 5) is 20.4. The zero-order valence-electron chi connectivity index (χ0n) is 13.8. The van der Waals surface area contributed by atoms with Gasteiger partial charge in [0.1, 0.15) is 0 Å². The van der Waals surface area contributed by atoms with Gasteiger partial charge in [0, 0.05) is 22.3 Å². The summed E-state index contributed by atoms with van der Waals surface area (Å²) in [5, 5.41) is 13.9. The number of unbranched alkanes of at least 4 members (excludes halogenated alkanes) is 5. The van der Waals surface area contributed by atoms with E-state index in [9.17, 15) is 9.59 Å². The Balaban J connectivity index is 0.000000441. The number of nitrogens with two attached hydrogens (primary N) is 1. The normalized spacial score (nSPS) is 9.62. The van der Waals surface area contributed by atoms with Crippen LogP contribution in [-0.4, -0.2) is 23.8 Å². The first-order valence-corrected chi connectivity index (χ1v) is 8.60. The maximum atomic E-state index is 10.2. The lowest BCUT2D eigenvalue weighted by molar-refractivity contribution is 0.209. The first-order chi connectivity index (χ1) is 11.3. The number of benzene rings is 1. The quantitative estimate of drug-likeness (QED) is 0.473. The lowest BCUT2D eigenvalue weighted by atomic mass is 10.1. The molecule has 1 aromatic rings. The summed E-state index contributed by atoms with van der Waals surface area (Å²) in [5.74, 6) is 0. The smallest absolute Gasteiger partial charge is 0.409 e. The Hall–Kier alpha value is -1.66. The van der Waals surface area contributed by atoms with Gasteiger partial charge in [-0.1, -0.05) is 62.2 Å². The molecule has 0 aliphatic heterocycles. The van der Waals surface area contributed by atoms with Crippen LogP contribution >= 0.6 is 23.2 Å². The number of carboxylic acid groups (broad SMARTS) is 1. The van der Waals surface area contributed by atoms with Gasteiger partial charge in [0.2, 0.25) is 0 Å². The summed E-state index contributed by atoms with van der Waals surface area (Å²) < 4.78 is 0. The van der Waals surface area contributed by atoms with Crippen LogP contribution in [-0.2, 0) is 0 Å². The van der Waals surface area contributed by atoms with Gasteiger partial charge in [0.15, 0.2) is 0 Å². The van der Waals surface area contributed by atoms with Gasteiger partial charge in [0.25, 0.3) is 0 Å². The van der Waals surface area contributed by atoms with Crippen LogP contribution in [0.1, 0.15) is 45.4 Å². The molecule has 0 aliphatic rings. The molecule has 24 heavy (non-hydrogen) atoms. The number of primary amides is 1. The number of hydrogen-bond acceptors (Lipinski definition) is 2. The van der Waals surface area contributed by atoms with E-state index in [-0.39, 0.29) is 0 Å². The van der Waals surface area contributed by atoms with E-state index in [1.165, 1.54) is 50.3 Å². The van der Waals surface area contributed by atoms with Gasteiger partial charge >= 0.3 is 12.1 Å². The highest BCUT2D eigenvalue weighted by molar-refractivity contribution is 6.35. The van der Waals surface area contributed by atoms with E-state index in [1.807, 2.05) is 0 Å². The van der Waals surface area contributed by atoms with Crippen molar-refractivity contribution >= 4 is 41.0 Å². The molecule has 0 spiro atoms. The van der Waals surface area contributed by atoms with E-state index in [1.54, 1.807) is 0 Å². The van der Waals surface area contributed by atoms with Gasteiger partial charge in [0.05, 0.1) is 0 Å². The first-order valence-electron chi connectivity index (χ1n) is 7.84. The largest absolute Gasteiger partial charge is 0.465 e. The van der Waals surface area contributed by atoms with Crippen LogP contribution in [0, 0.1) is 0 Å². The van der Waals surface area contributed by atoms with E-state index in [2.05, 4.69) is 17.6 Å². The Kier molecular flexibility index (Phi) is 12.8. The van der Waals surface area contributed by atoms with Crippen molar-refractivity contribution < 1.29 is 14.7 Å². The Morgan fingerprint density at radius 3 is 2.08 bits per heavy atom. The van der Waals surface area contributed by atoms with Gasteiger partial charge < -0.3 is 16.2 Å². The number of nitrogens with one attached hydrogen (secondary N) is 2. The van der Waals surface area contributed by atoms with E-state index in [4.69, 9.17) is 34.0 Å². The SMILES string of the molecule is CCCCCCCCNC(N)=O.O=C(O)Nc1cc(Cl)cc(Cl)c1. The highest BCUT2D eigenvalue weighted by atomic mass is 35.5. The van der Waals surface area contributed by atoms with Crippen LogP contribution in [0.5, 0.6) is 0 Å². The molecule has 0 radical (unpaired) electrons. The fourth-order valence-electron chi connectivity index (χ4n) is 1.87. The fourth-order valence-corrected chi connectivity index (χ4v) is 2.39. The Morgan fingerprint density at radius 1 is 1.04 bits per heavy atom. The van der Waals surface area contributed by atoms with Crippen LogP contribution in [0.2, 0.25) is 10.0 Å². The number of carbonyl (C=O) groups excluding carboxylic acids is 1. The van der Waals surface area contributed by atoms with Gasteiger partial charge in [-0.3, -0.25) is 5.32 Å². The molecule has 3 amide bonds. The molecule has 136 valence electrons. The van der Waals surface area contributed by atoms with Gasteiger partial charge in [-0.15, -0.1) is 0 Å². The molecule has 0 saturated heterocycles. The van der Waals surface area contributed by atoms with Gasteiger partial charge in [-0.05, 0) is 24.6 Å². The van der Waals surface area contributed by atoms with Gasteiger partial charge in [-0.2, -0.15) is 0 Å². The third-order valence-electron chi connectivity index (χ3n) is 2.94. The molecular formula is C16H25Cl2N3O3. The molecule has 0 fully saturated rings. The van der Waals surface area contributed by atoms with Crippen molar-refractivity contribution in [3.63, 3.8) is 0 Å². The molecule has 5 N–H and O–H groups in total. The minimum atomic E-state index is -1.15. The second-order valence-corrected chi connectivity index (χ2v) is 6.02. The van der Waals surface area contributed by atoms with Crippen molar-refractivity contribution in [3.8, 4) is 0 Å². The molecule has 1 aromatic carbocycles. The van der Waals surface area contributed by atoms with Crippen molar-refractivity contribution in [1.29, 1.82) is 0 Å². The van der Waals surface area contributed by atoms with Crippen molar-refractivity contribution in [2.75, 3.05) is 11.9 Å². The van der Waals surface area contributed by atoms with E-state index >= 15 is 0 Å². The standard InChI is InChI=1S/C9H20N2O.C7H5Cl2NO2/c1-2-3-4-5-6-7-8-11-9(10)12;8-4-1-5(9)3-6(2-4)10-7(11)12/h2-8H2,1H3,(H3,10,11,12);1-3,10H,(H,11,12). The van der Waals surface area contributed by atoms with Crippen LogP contribution in [0.4, 0.5) is 15.3 Å². The second kappa shape index (κ2) is 13.7. The zero-order valence-corrected chi connectivity index (χ0v) is 15.3. The number of carbonyl (C=O) groups is 2. The van der Waals surface area contributed by atoms with E-state index in [0.29, 0.717) is 15.7 Å². The van der Waals surface area contributed by atoms with Crippen LogP contribution in [0.3, 0.4) is 0 Å². The number of hydrogen-bond donors (Lipinski definition) is 4. The fraction of sp³-hybridized carbons (Fsp3) is 0.500. The topological polar surface area (TPSA) is 104 Å². The monoisotopic (exact) mass is 377 g/mol. The third kappa shape index (κ3) is 14.0. The highest BCUT2D eigenvalue weighted by Crippen LogP contribution is 2.22. The van der Waals surface area contributed by atoms with Crippen molar-refractivity contribution in [3.05, 3.63) is 28.2 Å². The van der Waals surface area contributed by atoms with Crippen molar-refractivity contribution in [2.45, 2.75) is 45.4 Å². The maximum absolute atomic E-state index is 10.2. The Labute approximate surface area is 152 Å².